The van der Waals surface area contributed by atoms with E-state index in [4.69, 9.17) is 4.98 Å². The Hall–Kier alpha value is -2.21. The van der Waals surface area contributed by atoms with Gasteiger partial charge in [-0.05, 0) is 48.6 Å². The molecule has 1 amide bonds. The van der Waals surface area contributed by atoms with E-state index in [9.17, 15) is 4.79 Å². The van der Waals surface area contributed by atoms with Gasteiger partial charge < -0.3 is 14.9 Å². The van der Waals surface area contributed by atoms with Gasteiger partial charge in [0.25, 0.3) is 0 Å². The van der Waals surface area contributed by atoms with Crippen LogP contribution in [0.4, 0.5) is 0 Å². The molecule has 6 heteroatoms. The monoisotopic (exact) mass is 370 g/mol. The maximum absolute atomic E-state index is 13.1. The average molecular weight is 371 g/mol. The molecule has 0 aliphatic rings. The van der Waals surface area contributed by atoms with E-state index < -0.39 is 0 Å². The van der Waals surface area contributed by atoms with Crippen LogP contribution in [0.5, 0.6) is 0 Å². The number of carbonyl (C=O) groups is 1. The largest absolute Gasteiger partial charge is 0.344 e. The zero-order chi connectivity index (χ0) is 18.5. The summed E-state index contributed by atoms with van der Waals surface area (Å²) in [7, 11) is 0. The quantitative estimate of drug-likeness (QED) is 0.625. The molecule has 0 aliphatic carbocycles. The number of thioether (sulfide) groups is 1. The molecule has 138 valence electrons. The summed E-state index contributed by atoms with van der Waals surface area (Å²) in [5.74, 6) is 2.01. The number of nitrogens with one attached hydrogen (secondary N) is 2. The lowest BCUT2D eigenvalue weighted by atomic mass is 10.0. The summed E-state index contributed by atoms with van der Waals surface area (Å²) >= 11 is 1.76. The smallest absolute Gasteiger partial charge is 0.243 e. The van der Waals surface area contributed by atoms with Crippen LogP contribution in [0.25, 0.3) is 11.0 Å². The van der Waals surface area contributed by atoms with Gasteiger partial charge in [-0.2, -0.15) is 11.8 Å². The molecule has 0 unspecified atom stereocenters. The van der Waals surface area contributed by atoms with E-state index in [0.717, 1.165) is 29.0 Å². The predicted octanol–water partition coefficient (Wildman–Crippen LogP) is 4.17. The molecule has 2 aromatic heterocycles. The summed E-state index contributed by atoms with van der Waals surface area (Å²) in [5.41, 5.74) is 1.92. The van der Waals surface area contributed by atoms with Crippen molar-refractivity contribution in [2.45, 2.75) is 32.4 Å². The van der Waals surface area contributed by atoms with Crippen molar-refractivity contribution in [3.63, 3.8) is 0 Å². The van der Waals surface area contributed by atoms with Crippen LogP contribution in [-0.2, 0) is 4.79 Å². The Morgan fingerprint density at radius 2 is 1.96 bits per heavy atom. The standard InChI is InChI=1S/C20H26N4OS/c1-14(2)18(19-21-15-8-4-5-9-16(15)22-19)23-20(25)17(10-13-26-3)24-11-6-7-12-24/h4-9,11-12,14,17-18H,10,13H2,1-3H3,(H,21,22)(H,23,25)/t17-,18+/m1/s1. The molecule has 2 N–H and O–H groups in total. The van der Waals surface area contributed by atoms with Crippen LogP contribution < -0.4 is 5.32 Å². The average Bonchev–Trinajstić information content (AvgIpc) is 3.29. The highest BCUT2D eigenvalue weighted by molar-refractivity contribution is 7.98. The van der Waals surface area contributed by atoms with E-state index in [-0.39, 0.29) is 23.9 Å². The summed E-state index contributed by atoms with van der Waals surface area (Å²) in [6, 6.07) is 11.5. The van der Waals surface area contributed by atoms with Crippen molar-refractivity contribution < 1.29 is 4.79 Å². The molecule has 0 radical (unpaired) electrons. The Labute approximate surface area is 158 Å². The van der Waals surface area contributed by atoms with Crippen molar-refractivity contribution >= 4 is 28.7 Å². The normalized spacial score (nSPS) is 13.8. The second-order valence-corrected chi connectivity index (χ2v) is 7.78. The van der Waals surface area contributed by atoms with E-state index in [1.807, 2.05) is 53.4 Å². The number of hydrogen-bond donors (Lipinski definition) is 2. The Kier molecular flexibility index (Phi) is 6.04. The lowest BCUT2D eigenvalue weighted by molar-refractivity contribution is -0.125. The predicted molar refractivity (Wildman–Crippen MR) is 108 cm³/mol. The second kappa shape index (κ2) is 8.45. The van der Waals surface area contributed by atoms with Crippen LogP contribution in [0.3, 0.4) is 0 Å². The zero-order valence-corrected chi connectivity index (χ0v) is 16.3. The molecule has 2 heterocycles. The molecule has 2 atom stereocenters. The lowest BCUT2D eigenvalue weighted by Gasteiger charge is -2.25. The molecular formula is C20H26N4OS. The molecule has 5 nitrogen and oxygen atoms in total. The summed E-state index contributed by atoms with van der Waals surface area (Å²) in [4.78, 5) is 21.1. The van der Waals surface area contributed by atoms with Gasteiger partial charge in [0, 0.05) is 12.4 Å². The molecule has 0 aliphatic heterocycles. The van der Waals surface area contributed by atoms with E-state index in [2.05, 4.69) is 30.4 Å². The van der Waals surface area contributed by atoms with Gasteiger partial charge in [0.05, 0.1) is 17.1 Å². The van der Waals surface area contributed by atoms with Crippen molar-refractivity contribution in [1.82, 2.24) is 19.9 Å². The minimum Gasteiger partial charge on any atom is -0.344 e. The minimum atomic E-state index is -0.205. The number of hydrogen-bond acceptors (Lipinski definition) is 3. The van der Waals surface area contributed by atoms with E-state index in [0.29, 0.717) is 0 Å². The molecular weight excluding hydrogens is 344 g/mol. The van der Waals surface area contributed by atoms with Crippen molar-refractivity contribution in [1.29, 1.82) is 0 Å². The lowest BCUT2D eigenvalue weighted by Crippen LogP contribution is -2.38. The number of rotatable bonds is 8. The summed E-state index contributed by atoms with van der Waals surface area (Å²) in [6.07, 6.45) is 6.77. The highest BCUT2D eigenvalue weighted by Crippen LogP contribution is 2.24. The Bertz CT molecular complexity index is 808. The van der Waals surface area contributed by atoms with E-state index >= 15 is 0 Å². The van der Waals surface area contributed by atoms with Gasteiger partial charge in [0.2, 0.25) is 5.91 Å². The number of carbonyl (C=O) groups excluding carboxylic acids is 1. The first-order valence-corrected chi connectivity index (χ1v) is 10.4. The van der Waals surface area contributed by atoms with Gasteiger partial charge in [-0.3, -0.25) is 4.79 Å². The third kappa shape index (κ3) is 4.12. The molecule has 0 fully saturated rings. The van der Waals surface area contributed by atoms with E-state index in [1.54, 1.807) is 11.8 Å². The third-order valence-corrected chi connectivity index (χ3v) is 5.20. The van der Waals surface area contributed by atoms with Gasteiger partial charge in [-0.15, -0.1) is 0 Å². The molecule has 0 bridgehead atoms. The van der Waals surface area contributed by atoms with Crippen molar-refractivity contribution in [3.8, 4) is 0 Å². The topological polar surface area (TPSA) is 62.7 Å². The first-order valence-electron chi connectivity index (χ1n) is 8.96. The molecule has 0 saturated heterocycles. The maximum atomic E-state index is 13.1. The van der Waals surface area contributed by atoms with Gasteiger partial charge in [-0.25, -0.2) is 4.98 Å². The zero-order valence-electron chi connectivity index (χ0n) is 15.5. The first kappa shape index (κ1) is 18.6. The first-order chi connectivity index (χ1) is 12.6. The fourth-order valence-electron chi connectivity index (χ4n) is 3.12. The SMILES string of the molecule is CSCC[C@H](C(=O)N[C@H](c1nc2ccccc2[nH]1)C(C)C)n1cccc1. The summed E-state index contributed by atoms with van der Waals surface area (Å²) in [5, 5.41) is 3.23. The number of imidazole rings is 1. The molecule has 1 aromatic carbocycles. The van der Waals surface area contributed by atoms with Crippen LogP contribution in [0.1, 0.15) is 38.2 Å². The van der Waals surface area contributed by atoms with Crippen LogP contribution in [0, 0.1) is 5.92 Å². The Morgan fingerprint density at radius 3 is 2.62 bits per heavy atom. The molecule has 0 saturated carbocycles. The summed E-state index contributed by atoms with van der Waals surface area (Å²) in [6.45, 7) is 4.20. The fraction of sp³-hybridized carbons (Fsp3) is 0.400. The number of amides is 1. The van der Waals surface area contributed by atoms with Crippen LogP contribution in [0.15, 0.2) is 48.8 Å². The molecule has 26 heavy (non-hydrogen) atoms. The number of aromatic nitrogens is 3. The molecule has 3 rings (SSSR count). The van der Waals surface area contributed by atoms with Crippen molar-refractivity contribution in [2.75, 3.05) is 12.0 Å². The summed E-state index contributed by atoms with van der Waals surface area (Å²) < 4.78 is 1.99. The fourth-order valence-corrected chi connectivity index (χ4v) is 3.58. The Balaban J connectivity index is 1.82. The highest BCUT2D eigenvalue weighted by Gasteiger charge is 2.26. The number of fused-ring (bicyclic) bond motifs is 1. The Morgan fingerprint density at radius 1 is 1.23 bits per heavy atom. The number of para-hydroxylation sites is 2. The van der Waals surface area contributed by atoms with Crippen molar-refractivity contribution in [2.24, 2.45) is 5.92 Å². The van der Waals surface area contributed by atoms with E-state index in [1.165, 1.54) is 0 Å². The third-order valence-electron chi connectivity index (χ3n) is 4.55. The highest BCUT2D eigenvalue weighted by atomic mass is 32.2. The molecule has 3 aromatic rings. The van der Waals surface area contributed by atoms with Crippen molar-refractivity contribution in [3.05, 3.63) is 54.6 Å². The van der Waals surface area contributed by atoms with Crippen LogP contribution >= 0.6 is 11.8 Å². The molecule has 0 spiro atoms. The number of aromatic amines is 1. The minimum absolute atomic E-state index is 0.0365. The number of nitrogens with zero attached hydrogens (tertiary/aromatic N) is 2. The number of H-pyrrole nitrogens is 1. The van der Waals surface area contributed by atoms with Gasteiger partial charge >= 0.3 is 0 Å². The van der Waals surface area contributed by atoms with Gasteiger partial charge in [0.15, 0.2) is 0 Å². The maximum Gasteiger partial charge on any atom is 0.243 e. The van der Waals surface area contributed by atoms with Crippen LogP contribution in [-0.4, -0.2) is 32.5 Å². The number of benzene rings is 1. The van der Waals surface area contributed by atoms with Crippen LogP contribution in [0.2, 0.25) is 0 Å². The second-order valence-electron chi connectivity index (χ2n) is 6.80. The van der Waals surface area contributed by atoms with Gasteiger partial charge in [-0.1, -0.05) is 26.0 Å². The van der Waals surface area contributed by atoms with Gasteiger partial charge in [0.1, 0.15) is 11.9 Å².